The molecule has 0 saturated heterocycles. The van der Waals surface area contributed by atoms with Gasteiger partial charge in [-0.05, 0) is 30.2 Å². The number of benzene rings is 1. The van der Waals surface area contributed by atoms with Gasteiger partial charge in [-0.15, -0.1) is 0 Å². The molecule has 2 nitrogen and oxygen atoms in total. The third-order valence-electron chi connectivity index (χ3n) is 3.29. The molecule has 0 aliphatic heterocycles. The lowest BCUT2D eigenvalue weighted by Gasteiger charge is -2.28. The number of hydrogen-bond acceptors (Lipinski definition) is 2. The van der Waals surface area contributed by atoms with Crippen LogP contribution in [-0.2, 0) is 11.8 Å². The Balaban J connectivity index is 2.34. The van der Waals surface area contributed by atoms with E-state index in [1.54, 1.807) is 6.26 Å². The summed E-state index contributed by atoms with van der Waals surface area (Å²) in [6.07, 6.45) is 2.38. The number of aliphatic hydroxyl groups is 1. The monoisotopic (exact) mass is 230 g/mol. The lowest BCUT2D eigenvalue weighted by atomic mass is 9.77. The molecular weight excluding hydrogens is 212 g/mol. The van der Waals surface area contributed by atoms with Crippen molar-refractivity contribution < 1.29 is 9.52 Å². The zero-order valence-electron chi connectivity index (χ0n) is 10.3. The van der Waals surface area contributed by atoms with Gasteiger partial charge in [0.25, 0.3) is 0 Å². The fraction of sp³-hybridized carbons (Fsp3) is 0.333. The van der Waals surface area contributed by atoms with E-state index < -0.39 is 0 Å². The van der Waals surface area contributed by atoms with Gasteiger partial charge in [-0.3, -0.25) is 0 Å². The van der Waals surface area contributed by atoms with Gasteiger partial charge in [-0.2, -0.15) is 0 Å². The SMILES string of the molecule is Cc1ccccc1C(C)(CO)Cc1ccco1. The highest BCUT2D eigenvalue weighted by molar-refractivity contribution is 5.34. The Morgan fingerprint density at radius 2 is 1.94 bits per heavy atom. The maximum atomic E-state index is 9.72. The van der Waals surface area contributed by atoms with Crippen LogP contribution in [0.25, 0.3) is 0 Å². The van der Waals surface area contributed by atoms with E-state index in [4.69, 9.17) is 4.42 Å². The molecule has 2 aromatic rings. The van der Waals surface area contributed by atoms with E-state index in [1.807, 2.05) is 24.3 Å². The van der Waals surface area contributed by atoms with E-state index in [-0.39, 0.29) is 12.0 Å². The van der Waals surface area contributed by atoms with Crippen molar-refractivity contribution in [3.8, 4) is 0 Å². The summed E-state index contributed by atoms with van der Waals surface area (Å²) in [5.41, 5.74) is 2.10. The first-order valence-electron chi connectivity index (χ1n) is 5.85. The fourth-order valence-electron chi connectivity index (χ4n) is 2.28. The maximum Gasteiger partial charge on any atom is 0.104 e. The van der Waals surface area contributed by atoms with Gasteiger partial charge in [0, 0.05) is 11.8 Å². The maximum absolute atomic E-state index is 9.72. The van der Waals surface area contributed by atoms with Crippen molar-refractivity contribution in [2.45, 2.75) is 25.7 Å². The predicted octanol–water partition coefficient (Wildman–Crippen LogP) is 3.08. The van der Waals surface area contributed by atoms with Crippen LogP contribution in [0, 0.1) is 6.92 Å². The second-order valence-corrected chi connectivity index (χ2v) is 4.79. The minimum atomic E-state index is -0.288. The van der Waals surface area contributed by atoms with E-state index in [9.17, 15) is 5.11 Å². The lowest BCUT2D eigenvalue weighted by Crippen LogP contribution is -2.30. The number of aliphatic hydroxyl groups excluding tert-OH is 1. The number of aryl methyl sites for hydroxylation is 1. The number of rotatable bonds is 4. The zero-order chi connectivity index (χ0) is 12.3. The highest BCUT2D eigenvalue weighted by atomic mass is 16.3. The largest absolute Gasteiger partial charge is 0.469 e. The van der Waals surface area contributed by atoms with Gasteiger partial charge in [0.05, 0.1) is 12.9 Å². The van der Waals surface area contributed by atoms with Crippen LogP contribution in [0.1, 0.15) is 23.8 Å². The average molecular weight is 230 g/mol. The van der Waals surface area contributed by atoms with Crippen molar-refractivity contribution >= 4 is 0 Å². The molecule has 0 aliphatic carbocycles. The van der Waals surface area contributed by atoms with Crippen LogP contribution in [0.15, 0.2) is 47.1 Å². The van der Waals surface area contributed by atoms with Crippen LogP contribution in [0.5, 0.6) is 0 Å². The minimum absolute atomic E-state index is 0.110. The molecule has 0 bridgehead atoms. The Labute approximate surface area is 102 Å². The van der Waals surface area contributed by atoms with Crippen LogP contribution < -0.4 is 0 Å². The molecule has 1 N–H and O–H groups in total. The van der Waals surface area contributed by atoms with E-state index in [0.717, 1.165) is 5.76 Å². The van der Waals surface area contributed by atoms with Crippen LogP contribution in [0.3, 0.4) is 0 Å². The molecular formula is C15H18O2. The summed E-state index contributed by atoms with van der Waals surface area (Å²) in [6, 6.07) is 12.0. The average Bonchev–Trinajstić information content (AvgIpc) is 2.82. The van der Waals surface area contributed by atoms with Gasteiger partial charge in [-0.25, -0.2) is 0 Å². The predicted molar refractivity (Wildman–Crippen MR) is 68.0 cm³/mol. The molecule has 17 heavy (non-hydrogen) atoms. The van der Waals surface area contributed by atoms with Crippen molar-refractivity contribution in [2.75, 3.05) is 6.61 Å². The zero-order valence-corrected chi connectivity index (χ0v) is 10.3. The topological polar surface area (TPSA) is 33.4 Å². The van der Waals surface area contributed by atoms with Crippen LogP contribution in [0.2, 0.25) is 0 Å². The molecule has 1 atom stereocenters. The third-order valence-corrected chi connectivity index (χ3v) is 3.29. The summed E-state index contributed by atoms with van der Waals surface area (Å²) < 4.78 is 5.38. The van der Waals surface area contributed by atoms with Crippen molar-refractivity contribution in [2.24, 2.45) is 0 Å². The van der Waals surface area contributed by atoms with E-state index in [0.29, 0.717) is 6.42 Å². The Hall–Kier alpha value is -1.54. The molecule has 1 aromatic carbocycles. The fourth-order valence-corrected chi connectivity index (χ4v) is 2.28. The van der Waals surface area contributed by atoms with Gasteiger partial charge >= 0.3 is 0 Å². The van der Waals surface area contributed by atoms with Gasteiger partial charge in [0.1, 0.15) is 5.76 Å². The van der Waals surface area contributed by atoms with Gasteiger partial charge < -0.3 is 9.52 Å². The standard InChI is InChI=1S/C15H18O2/c1-12-6-3-4-8-14(12)15(2,11-16)10-13-7-5-9-17-13/h3-9,16H,10-11H2,1-2H3. The molecule has 0 radical (unpaired) electrons. The summed E-state index contributed by atoms with van der Waals surface area (Å²) >= 11 is 0. The molecule has 0 saturated carbocycles. The molecule has 2 rings (SSSR count). The normalized spacial score (nSPS) is 14.5. The molecule has 0 fully saturated rings. The van der Waals surface area contributed by atoms with Crippen molar-refractivity contribution in [1.82, 2.24) is 0 Å². The first-order chi connectivity index (χ1) is 8.15. The Morgan fingerprint density at radius 1 is 1.18 bits per heavy atom. The Bertz CT molecular complexity index is 473. The van der Waals surface area contributed by atoms with E-state index in [2.05, 4.69) is 26.0 Å². The minimum Gasteiger partial charge on any atom is -0.469 e. The summed E-state index contributed by atoms with van der Waals surface area (Å²) in [4.78, 5) is 0. The molecule has 1 unspecified atom stereocenters. The van der Waals surface area contributed by atoms with Gasteiger partial charge in [-0.1, -0.05) is 31.2 Å². The van der Waals surface area contributed by atoms with Crippen LogP contribution >= 0.6 is 0 Å². The van der Waals surface area contributed by atoms with Crippen molar-refractivity contribution in [3.63, 3.8) is 0 Å². The quantitative estimate of drug-likeness (QED) is 0.875. The molecule has 1 heterocycles. The summed E-state index contributed by atoms with van der Waals surface area (Å²) in [5.74, 6) is 0.907. The highest BCUT2D eigenvalue weighted by Crippen LogP contribution is 2.30. The van der Waals surface area contributed by atoms with Crippen LogP contribution in [0.4, 0.5) is 0 Å². The number of hydrogen-bond donors (Lipinski definition) is 1. The van der Waals surface area contributed by atoms with Crippen LogP contribution in [-0.4, -0.2) is 11.7 Å². The third kappa shape index (κ3) is 2.42. The first kappa shape index (κ1) is 11.9. The summed E-state index contributed by atoms with van der Waals surface area (Å²) in [7, 11) is 0. The lowest BCUT2D eigenvalue weighted by molar-refractivity contribution is 0.198. The molecule has 0 spiro atoms. The molecule has 90 valence electrons. The highest BCUT2D eigenvalue weighted by Gasteiger charge is 2.28. The second kappa shape index (κ2) is 4.76. The Kier molecular flexibility index (Phi) is 3.34. The second-order valence-electron chi connectivity index (χ2n) is 4.79. The van der Waals surface area contributed by atoms with Crippen molar-refractivity contribution in [1.29, 1.82) is 0 Å². The molecule has 1 aromatic heterocycles. The van der Waals surface area contributed by atoms with Gasteiger partial charge in [0.15, 0.2) is 0 Å². The first-order valence-corrected chi connectivity index (χ1v) is 5.85. The summed E-state index contributed by atoms with van der Waals surface area (Å²) in [6.45, 7) is 4.25. The molecule has 0 aliphatic rings. The molecule has 2 heteroatoms. The van der Waals surface area contributed by atoms with Gasteiger partial charge in [0.2, 0.25) is 0 Å². The smallest absolute Gasteiger partial charge is 0.104 e. The van der Waals surface area contributed by atoms with E-state index >= 15 is 0 Å². The number of furan rings is 1. The molecule has 0 amide bonds. The van der Waals surface area contributed by atoms with E-state index in [1.165, 1.54) is 11.1 Å². The Morgan fingerprint density at radius 3 is 2.53 bits per heavy atom. The van der Waals surface area contributed by atoms with Crippen molar-refractivity contribution in [3.05, 3.63) is 59.5 Å². The summed E-state index contributed by atoms with van der Waals surface area (Å²) in [5, 5.41) is 9.72.